The van der Waals surface area contributed by atoms with Gasteiger partial charge in [-0.2, -0.15) is 0 Å². The van der Waals surface area contributed by atoms with Gasteiger partial charge in [0, 0.05) is 26.1 Å². The molecule has 0 unspecified atom stereocenters. The number of anilines is 2. The van der Waals surface area contributed by atoms with Gasteiger partial charge in [0.25, 0.3) is 0 Å². The van der Waals surface area contributed by atoms with Crippen molar-refractivity contribution in [3.05, 3.63) is 59.4 Å². The molecule has 2 aromatic carbocycles. The summed E-state index contributed by atoms with van der Waals surface area (Å²) in [7, 11) is 0. The summed E-state index contributed by atoms with van der Waals surface area (Å²) in [5.41, 5.74) is 3.70. The molecule has 2 heterocycles. The number of fused-ring (bicyclic) bond motifs is 1. The monoisotopic (exact) mass is 385 g/mol. The largest absolute Gasteiger partial charge is 0.378 e. The number of urea groups is 1. The predicted octanol–water partition coefficient (Wildman–Crippen LogP) is 2.93. The van der Waals surface area contributed by atoms with E-state index >= 15 is 0 Å². The van der Waals surface area contributed by atoms with Gasteiger partial charge in [0.2, 0.25) is 0 Å². The average Bonchev–Trinajstić information content (AvgIpc) is 2.74. The molecule has 2 aromatic rings. The summed E-state index contributed by atoms with van der Waals surface area (Å²) in [6.45, 7) is 3.47. The Morgan fingerprint density at radius 1 is 1.14 bits per heavy atom. The summed E-state index contributed by atoms with van der Waals surface area (Å²) in [6, 6.07) is 12.2. The molecule has 0 aliphatic carbocycles. The molecule has 0 radical (unpaired) electrons. The molecule has 2 N–H and O–H groups in total. The first kappa shape index (κ1) is 18.7. The zero-order valence-electron chi connectivity index (χ0n) is 15.6. The first-order chi connectivity index (χ1) is 13.7. The Morgan fingerprint density at radius 3 is 2.75 bits per heavy atom. The predicted molar refractivity (Wildman–Crippen MR) is 105 cm³/mol. The number of hydrogen-bond acceptors (Lipinski definition) is 4. The highest BCUT2D eigenvalue weighted by Crippen LogP contribution is 2.28. The zero-order chi connectivity index (χ0) is 19.3. The Morgan fingerprint density at radius 2 is 1.93 bits per heavy atom. The molecule has 0 bridgehead atoms. The van der Waals surface area contributed by atoms with Crippen LogP contribution in [0.4, 0.5) is 20.6 Å². The maximum Gasteiger partial charge on any atom is 0.319 e. The van der Waals surface area contributed by atoms with Crippen LogP contribution in [0.1, 0.15) is 11.1 Å². The van der Waals surface area contributed by atoms with Gasteiger partial charge in [-0.1, -0.05) is 24.3 Å². The lowest BCUT2D eigenvalue weighted by atomic mass is 9.99. The van der Waals surface area contributed by atoms with Crippen LogP contribution in [0.2, 0.25) is 0 Å². The van der Waals surface area contributed by atoms with E-state index in [1.54, 1.807) is 6.07 Å². The highest BCUT2D eigenvalue weighted by Gasteiger charge is 2.20. The van der Waals surface area contributed by atoms with Gasteiger partial charge in [-0.3, -0.25) is 0 Å². The van der Waals surface area contributed by atoms with Gasteiger partial charge in [0.05, 0.1) is 37.3 Å². The van der Waals surface area contributed by atoms with Crippen LogP contribution < -0.4 is 15.5 Å². The molecule has 6 nitrogen and oxygen atoms in total. The van der Waals surface area contributed by atoms with Gasteiger partial charge in [0.15, 0.2) is 0 Å². The number of halogens is 1. The molecule has 0 spiro atoms. The van der Waals surface area contributed by atoms with E-state index in [0.717, 1.165) is 6.42 Å². The van der Waals surface area contributed by atoms with Crippen molar-refractivity contribution in [2.24, 2.45) is 0 Å². The number of carbonyl (C=O) groups is 1. The van der Waals surface area contributed by atoms with E-state index in [0.29, 0.717) is 50.8 Å². The SMILES string of the molecule is O=C(NC[C@@H]1Cc2ccccc2CO1)Nc1ccc(F)cc1N1CCOCC1. The van der Waals surface area contributed by atoms with Crippen molar-refractivity contribution in [2.45, 2.75) is 19.1 Å². The Hall–Kier alpha value is -2.64. The summed E-state index contributed by atoms with van der Waals surface area (Å²) in [6.07, 6.45) is 0.707. The molecule has 4 rings (SSSR count). The van der Waals surface area contributed by atoms with Crippen LogP contribution in [0.3, 0.4) is 0 Å². The average molecular weight is 385 g/mol. The van der Waals surface area contributed by atoms with Crippen LogP contribution >= 0.6 is 0 Å². The summed E-state index contributed by atoms with van der Waals surface area (Å²) in [5.74, 6) is -0.332. The minimum atomic E-state index is -0.332. The van der Waals surface area contributed by atoms with Gasteiger partial charge >= 0.3 is 6.03 Å². The second kappa shape index (κ2) is 8.58. The van der Waals surface area contributed by atoms with E-state index in [-0.39, 0.29) is 18.0 Å². The van der Waals surface area contributed by atoms with Crippen molar-refractivity contribution in [3.63, 3.8) is 0 Å². The molecule has 0 aromatic heterocycles. The Labute approximate surface area is 163 Å². The fraction of sp³-hybridized carbons (Fsp3) is 0.381. The lowest BCUT2D eigenvalue weighted by molar-refractivity contribution is 0.0308. The van der Waals surface area contributed by atoms with Crippen LogP contribution in [0.25, 0.3) is 0 Å². The number of ether oxygens (including phenoxy) is 2. The molecule has 2 amide bonds. The second-order valence-electron chi connectivity index (χ2n) is 7.00. The number of morpholine rings is 1. The molecule has 2 aliphatic rings. The third kappa shape index (κ3) is 4.43. The van der Waals surface area contributed by atoms with Gasteiger partial charge in [0.1, 0.15) is 5.82 Å². The highest BCUT2D eigenvalue weighted by molar-refractivity contribution is 5.93. The van der Waals surface area contributed by atoms with Crippen molar-refractivity contribution < 1.29 is 18.7 Å². The Kier molecular flexibility index (Phi) is 5.73. The Bertz CT molecular complexity index is 839. The van der Waals surface area contributed by atoms with Crippen molar-refractivity contribution in [3.8, 4) is 0 Å². The van der Waals surface area contributed by atoms with E-state index in [1.165, 1.54) is 23.3 Å². The van der Waals surface area contributed by atoms with Crippen LogP contribution in [0.15, 0.2) is 42.5 Å². The van der Waals surface area contributed by atoms with Crippen molar-refractivity contribution >= 4 is 17.4 Å². The lowest BCUT2D eigenvalue weighted by Crippen LogP contribution is -2.40. The van der Waals surface area contributed by atoms with Gasteiger partial charge in [-0.05, 0) is 29.3 Å². The first-order valence-corrected chi connectivity index (χ1v) is 9.54. The number of amides is 2. The minimum absolute atomic E-state index is 0.0624. The normalized spacial score (nSPS) is 19.0. The summed E-state index contributed by atoms with van der Waals surface area (Å²) >= 11 is 0. The maximum atomic E-state index is 13.7. The van der Waals surface area contributed by atoms with Crippen molar-refractivity contribution in [2.75, 3.05) is 43.1 Å². The zero-order valence-corrected chi connectivity index (χ0v) is 15.6. The third-order valence-electron chi connectivity index (χ3n) is 5.09. The number of benzene rings is 2. The topological polar surface area (TPSA) is 62.8 Å². The van der Waals surface area contributed by atoms with Crippen LogP contribution in [0.5, 0.6) is 0 Å². The summed E-state index contributed by atoms with van der Waals surface area (Å²) in [4.78, 5) is 14.4. The number of nitrogens with zero attached hydrogens (tertiary/aromatic N) is 1. The summed E-state index contributed by atoms with van der Waals surface area (Å²) < 4.78 is 24.9. The number of rotatable bonds is 4. The molecule has 148 valence electrons. The van der Waals surface area contributed by atoms with Gasteiger partial charge in [-0.25, -0.2) is 9.18 Å². The first-order valence-electron chi connectivity index (χ1n) is 9.54. The molecule has 1 atom stereocenters. The minimum Gasteiger partial charge on any atom is -0.378 e. The quantitative estimate of drug-likeness (QED) is 0.850. The van der Waals surface area contributed by atoms with Crippen LogP contribution in [0, 0.1) is 5.82 Å². The van der Waals surface area contributed by atoms with E-state index in [1.807, 2.05) is 17.0 Å². The van der Waals surface area contributed by atoms with Crippen molar-refractivity contribution in [1.82, 2.24) is 5.32 Å². The fourth-order valence-electron chi connectivity index (χ4n) is 3.59. The van der Waals surface area contributed by atoms with Crippen molar-refractivity contribution in [1.29, 1.82) is 0 Å². The van der Waals surface area contributed by atoms with Crippen LogP contribution in [-0.4, -0.2) is 45.0 Å². The van der Waals surface area contributed by atoms with E-state index < -0.39 is 0 Å². The molecule has 7 heteroatoms. The molecule has 28 heavy (non-hydrogen) atoms. The lowest BCUT2D eigenvalue weighted by Gasteiger charge is -2.30. The highest BCUT2D eigenvalue weighted by atomic mass is 19.1. The summed E-state index contributed by atoms with van der Waals surface area (Å²) in [5, 5.41) is 5.70. The van der Waals surface area contributed by atoms with Gasteiger partial charge in [-0.15, -0.1) is 0 Å². The number of nitrogens with one attached hydrogen (secondary N) is 2. The van der Waals surface area contributed by atoms with Crippen LogP contribution in [-0.2, 0) is 22.5 Å². The molecule has 1 saturated heterocycles. The standard InChI is InChI=1S/C21H24FN3O3/c22-17-5-6-19(20(12-17)25-7-9-27-10-8-25)24-21(26)23-13-18-11-15-3-1-2-4-16(15)14-28-18/h1-6,12,18H,7-11,13-14H2,(H2,23,24,26)/t18-/m0/s1. The second-order valence-corrected chi connectivity index (χ2v) is 7.00. The van der Waals surface area contributed by atoms with E-state index in [4.69, 9.17) is 9.47 Å². The molecule has 0 saturated carbocycles. The molecule has 1 fully saturated rings. The number of hydrogen-bond donors (Lipinski definition) is 2. The molecular formula is C21H24FN3O3. The fourth-order valence-corrected chi connectivity index (χ4v) is 3.59. The molecular weight excluding hydrogens is 361 g/mol. The Balaban J connectivity index is 1.35. The van der Waals surface area contributed by atoms with E-state index in [2.05, 4.69) is 22.8 Å². The number of carbonyl (C=O) groups excluding carboxylic acids is 1. The maximum absolute atomic E-state index is 13.7. The molecule has 2 aliphatic heterocycles. The van der Waals surface area contributed by atoms with E-state index in [9.17, 15) is 9.18 Å². The van der Waals surface area contributed by atoms with Gasteiger partial charge < -0.3 is 25.0 Å². The smallest absolute Gasteiger partial charge is 0.319 e. The third-order valence-corrected chi connectivity index (χ3v) is 5.09.